The molecule has 1 atom stereocenters. The third-order valence-electron chi connectivity index (χ3n) is 3.99. The van der Waals surface area contributed by atoms with Gasteiger partial charge in [0.2, 0.25) is 0 Å². The van der Waals surface area contributed by atoms with Crippen molar-refractivity contribution >= 4 is 5.91 Å². The molecule has 7 nitrogen and oxygen atoms in total. The van der Waals surface area contributed by atoms with E-state index < -0.39 is 0 Å². The van der Waals surface area contributed by atoms with Crippen LogP contribution in [0.1, 0.15) is 12.0 Å². The van der Waals surface area contributed by atoms with Crippen molar-refractivity contribution < 1.29 is 19.0 Å². The van der Waals surface area contributed by atoms with Crippen molar-refractivity contribution in [1.82, 2.24) is 14.9 Å². The molecule has 1 aromatic heterocycles. The van der Waals surface area contributed by atoms with Crippen molar-refractivity contribution in [3.63, 3.8) is 0 Å². The minimum absolute atomic E-state index is 0.0181. The maximum atomic E-state index is 12.3. The highest BCUT2D eigenvalue weighted by molar-refractivity contribution is 5.78. The number of likely N-dealkylation sites (tertiary alicyclic amines) is 1. The molecule has 132 valence electrons. The highest BCUT2D eigenvalue weighted by Crippen LogP contribution is 2.24. The standard InChI is InChI=1S/C18H21N3O4/c1-13-3-5-14(6-4-13)24-12-16(22)21-10-7-15(11-21)25-18-17(23-2)19-8-9-20-18/h3-6,8-9,15H,7,10-12H2,1-2H3. The molecule has 0 bridgehead atoms. The van der Waals surface area contributed by atoms with Crippen LogP contribution in [-0.4, -0.2) is 53.7 Å². The van der Waals surface area contributed by atoms with Gasteiger partial charge in [0.25, 0.3) is 17.7 Å². The first kappa shape index (κ1) is 17.0. The number of nitrogens with zero attached hydrogens (tertiary/aromatic N) is 3. The van der Waals surface area contributed by atoms with E-state index in [2.05, 4.69) is 9.97 Å². The number of aromatic nitrogens is 2. The van der Waals surface area contributed by atoms with Crippen LogP contribution in [0.2, 0.25) is 0 Å². The van der Waals surface area contributed by atoms with Crippen molar-refractivity contribution in [2.45, 2.75) is 19.4 Å². The highest BCUT2D eigenvalue weighted by Gasteiger charge is 2.29. The molecule has 2 aromatic rings. The number of ether oxygens (including phenoxy) is 3. The summed E-state index contributed by atoms with van der Waals surface area (Å²) in [5.41, 5.74) is 1.15. The van der Waals surface area contributed by atoms with Gasteiger partial charge < -0.3 is 19.1 Å². The number of carbonyl (C=O) groups is 1. The van der Waals surface area contributed by atoms with Crippen molar-refractivity contribution in [2.75, 3.05) is 26.8 Å². The first-order valence-corrected chi connectivity index (χ1v) is 8.14. The third kappa shape index (κ3) is 4.37. The van der Waals surface area contributed by atoms with Gasteiger partial charge in [-0.25, -0.2) is 9.97 Å². The molecular formula is C18H21N3O4. The van der Waals surface area contributed by atoms with Crippen molar-refractivity contribution in [3.8, 4) is 17.5 Å². The van der Waals surface area contributed by atoms with Gasteiger partial charge in [0.15, 0.2) is 6.61 Å². The quantitative estimate of drug-likeness (QED) is 0.797. The summed E-state index contributed by atoms with van der Waals surface area (Å²) in [6.45, 7) is 3.15. The number of aryl methyl sites for hydroxylation is 1. The molecule has 1 unspecified atom stereocenters. The van der Waals surface area contributed by atoms with E-state index in [0.717, 1.165) is 12.0 Å². The second kappa shape index (κ2) is 7.83. The van der Waals surface area contributed by atoms with E-state index in [4.69, 9.17) is 14.2 Å². The first-order chi connectivity index (χ1) is 12.2. The predicted octanol–water partition coefficient (Wildman–Crippen LogP) is 1.85. The van der Waals surface area contributed by atoms with Crippen LogP contribution < -0.4 is 14.2 Å². The lowest BCUT2D eigenvalue weighted by atomic mass is 10.2. The second-order valence-electron chi connectivity index (χ2n) is 5.84. The van der Waals surface area contributed by atoms with Crippen LogP contribution in [0.15, 0.2) is 36.7 Å². The summed E-state index contributed by atoms with van der Waals surface area (Å²) in [4.78, 5) is 22.2. The number of hydrogen-bond acceptors (Lipinski definition) is 6. The van der Waals surface area contributed by atoms with Gasteiger partial charge in [0.1, 0.15) is 11.9 Å². The molecule has 25 heavy (non-hydrogen) atoms. The Morgan fingerprint density at radius 3 is 2.64 bits per heavy atom. The van der Waals surface area contributed by atoms with Gasteiger partial charge in [0, 0.05) is 25.4 Å². The number of carbonyl (C=O) groups excluding carboxylic acids is 1. The van der Waals surface area contributed by atoms with Crippen LogP contribution in [0.3, 0.4) is 0 Å². The maximum Gasteiger partial charge on any atom is 0.278 e. The van der Waals surface area contributed by atoms with Crippen molar-refractivity contribution in [1.29, 1.82) is 0 Å². The van der Waals surface area contributed by atoms with E-state index in [1.165, 1.54) is 7.11 Å². The maximum absolute atomic E-state index is 12.3. The summed E-state index contributed by atoms with van der Waals surface area (Å²) >= 11 is 0. The zero-order chi connectivity index (χ0) is 17.6. The minimum atomic E-state index is -0.131. The van der Waals surface area contributed by atoms with Crippen LogP contribution in [0.4, 0.5) is 0 Å². The zero-order valence-electron chi connectivity index (χ0n) is 14.3. The second-order valence-corrected chi connectivity index (χ2v) is 5.84. The summed E-state index contributed by atoms with van der Waals surface area (Å²) in [5.74, 6) is 1.32. The number of benzene rings is 1. The summed E-state index contributed by atoms with van der Waals surface area (Å²) in [7, 11) is 1.52. The molecule has 7 heteroatoms. The fourth-order valence-electron chi connectivity index (χ4n) is 2.61. The topological polar surface area (TPSA) is 73.8 Å². The fraction of sp³-hybridized carbons (Fsp3) is 0.389. The molecule has 0 radical (unpaired) electrons. The Morgan fingerprint density at radius 1 is 1.20 bits per heavy atom. The zero-order valence-corrected chi connectivity index (χ0v) is 14.3. The normalized spacial score (nSPS) is 16.6. The van der Waals surface area contributed by atoms with E-state index in [9.17, 15) is 4.79 Å². The summed E-state index contributed by atoms with van der Waals surface area (Å²) in [6, 6.07) is 7.62. The van der Waals surface area contributed by atoms with Crippen LogP contribution in [-0.2, 0) is 4.79 Å². The van der Waals surface area contributed by atoms with Crippen molar-refractivity contribution in [2.24, 2.45) is 0 Å². The van der Waals surface area contributed by atoms with E-state index in [1.54, 1.807) is 17.3 Å². The van der Waals surface area contributed by atoms with Crippen LogP contribution in [0.25, 0.3) is 0 Å². The Hall–Kier alpha value is -2.83. The fourth-order valence-corrected chi connectivity index (χ4v) is 2.61. The molecule has 2 heterocycles. The lowest BCUT2D eigenvalue weighted by molar-refractivity contribution is -0.132. The Morgan fingerprint density at radius 2 is 1.92 bits per heavy atom. The van der Waals surface area contributed by atoms with Crippen LogP contribution in [0, 0.1) is 6.92 Å². The molecule has 0 spiro atoms. The number of methoxy groups -OCH3 is 1. The molecule has 0 saturated carbocycles. The molecule has 1 fully saturated rings. The third-order valence-corrected chi connectivity index (χ3v) is 3.99. The average Bonchev–Trinajstić information content (AvgIpc) is 3.10. The molecule has 0 aliphatic carbocycles. The number of hydrogen-bond donors (Lipinski definition) is 0. The predicted molar refractivity (Wildman–Crippen MR) is 90.9 cm³/mol. The van der Waals surface area contributed by atoms with Gasteiger partial charge in [-0.05, 0) is 19.1 Å². The Bertz CT molecular complexity index is 721. The first-order valence-electron chi connectivity index (χ1n) is 8.14. The van der Waals surface area contributed by atoms with E-state index in [1.807, 2.05) is 31.2 Å². The van der Waals surface area contributed by atoms with Crippen molar-refractivity contribution in [3.05, 3.63) is 42.2 Å². The molecule has 1 aromatic carbocycles. The molecule has 0 N–H and O–H groups in total. The van der Waals surface area contributed by atoms with Gasteiger partial charge in [-0.3, -0.25) is 4.79 Å². The Kier molecular flexibility index (Phi) is 5.33. The summed E-state index contributed by atoms with van der Waals surface area (Å²) in [6.07, 6.45) is 3.69. The van der Waals surface area contributed by atoms with E-state index in [-0.39, 0.29) is 18.6 Å². The lowest BCUT2D eigenvalue weighted by Crippen LogP contribution is -2.34. The van der Waals surface area contributed by atoms with Gasteiger partial charge in [-0.15, -0.1) is 0 Å². The number of amides is 1. The highest BCUT2D eigenvalue weighted by atomic mass is 16.5. The van der Waals surface area contributed by atoms with E-state index >= 15 is 0 Å². The Labute approximate surface area is 146 Å². The SMILES string of the molecule is COc1nccnc1OC1CCN(C(=O)COc2ccc(C)cc2)C1. The lowest BCUT2D eigenvalue weighted by Gasteiger charge is -2.17. The largest absolute Gasteiger partial charge is 0.484 e. The average molecular weight is 343 g/mol. The molecule has 3 rings (SSSR count). The Balaban J connectivity index is 1.50. The van der Waals surface area contributed by atoms with Gasteiger partial charge in [-0.2, -0.15) is 0 Å². The van der Waals surface area contributed by atoms with Crippen LogP contribution in [0.5, 0.6) is 17.5 Å². The smallest absolute Gasteiger partial charge is 0.278 e. The molecule has 1 amide bonds. The summed E-state index contributed by atoms with van der Waals surface area (Å²) < 4.78 is 16.5. The molecular weight excluding hydrogens is 322 g/mol. The van der Waals surface area contributed by atoms with E-state index in [0.29, 0.717) is 30.6 Å². The van der Waals surface area contributed by atoms with Gasteiger partial charge in [-0.1, -0.05) is 17.7 Å². The molecule has 1 saturated heterocycles. The minimum Gasteiger partial charge on any atom is -0.484 e. The molecule has 1 aliphatic rings. The van der Waals surface area contributed by atoms with Crippen LogP contribution >= 0.6 is 0 Å². The monoisotopic (exact) mass is 343 g/mol. The van der Waals surface area contributed by atoms with Gasteiger partial charge in [0.05, 0.1) is 13.7 Å². The number of rotatable bonds is 6. The molecule has 1 aliphatic heterocycles. The summed E-state index contributed by atoms with van der Waals surface area (Å²) in [5, 5.41) is 0. The van der Waals surface area contributed by atoms with Gasteiger partial charge >= 0.3 is 0 Å².